The molecule has 0 bridgehead atoms. The van der Waals surface area contributed by atoms with Gasteiger partial charge in [-0.2, -0.15) is 0 Å². The number of allylic oxidation sites excluding steroid dienone is 2. The summed E-state index contributed by atoms with van der Waals surface area (Å²) in [6.45, 7) is 3.13. The van der Waals surface area contributed by atoms with Crippen molar-refractivity contribution in [3.05, 3.63) is 16.6 Å². The molecular weight excluding hydrogens is 198 g/mol. The molecule has 5 nitrogen and oxygen atoms in total. The highest BCUT2D eigenvalue weighted by Gasteiger charge is 2.36. The molecule has 1 N–H and O–H groups in total. The number of rotatable bonds is 4. The number of Topliss-reactive ketones (excluding diaryl/α,β-unsaturated/α-hetero) is 1. The molecule has 0 amide bonds. The average Bonchev–Trinajstić information content (AvgIpc) is 2.19. The van der Waals surface area contributed by atoms with E-state index in [1.54, 1.807) is 19.9 Å². The Kier molecular flexibility index (Phi) is 3.57. The van der Waals surface area contributed by atoms with Gasteiger partial charge in [-0.15, -0.1) is 4.91 Å². The van der Waals surface area contributed by atoms with Crippen LogP contribution in [0.15, 0.2) is 17.0 Å². The molecule has 0 aliphatic heterocycles. The van der Waals surface area contributed by atoms with Gasteiger partial charge in [0.2, 0.25) is 0 Å². The first-order valence-corrected chi connectivity index (χ1v) is 4.84. The van der Waals surface area contributed by atoms with E-state index < -0.39 is 5.60 Å². The van der Waals surface area contributed by atoms with Crippen LogP contribution in [-0.4, -0.2) is 23.1 Å². The lowest BCUT2D eigenvalue weighted by molar-refractivity contribution is -0.122. The van der Waals surface area contributed by atoms with E-state index in [4.69, 9.17) is 0 Å². The molecule has 2 unspecified atom stereocenters. The quantitative estimate of drug-likeness (QED) is 0.565. The van der Waals surface area contributed by atoms with Crippen molar-refractivity contribution in [1.82, 2.24) is 0 Å². The van der Waals surface area contributed by atoms with Crippen LogP contribution in [0.4, 0.5) is 0 Å². The Labute approximate surface area is 88.0 Å². The van der Waals surface area contributed by atoms with Gasteiger partial charge in [-0.05, 0) is 25.8 Å². The highest BCUT2D eigenvalue weighted by atomic mass is 16.7. The summed E-state index contributed by atoms with van der Waals surface area (Å²) in [5, 5.41) is 12.2. The molecule has 2 atom stereocenters. The fraction of sp³-hybridized carbons (Fsp3) is 0.700. The van der Waals surface area contributed by atoms with Gasteiger partial charge < -0.3 is 9.94 Å². The minimum absolute atomic E-state index is 0.0330. The standard InChI is InChI=1S/C10H15NO4/c1-7-3-4-8(5-9(7)12)10(2,13)6-15-11-14/h3,8,13H,4-6H2,1-2H3. The van der Waals surface area contributed by atoms with E-state index in [2.05, 4.69) is 10.2 Å². The summed E-state index contributed by atoms with van der Waals surface area (Å²) < 4.78 is 0. The zero-order valence-corrected chi connectivity index (χ0v) is 8.90. The van der Waals surface area contributed by atoms with Crippen LogP contribution in [0.1, 0.15) is 26.7 Å². The molecule has 0 aromatic carbocycles. The number of hydrogen-bond donors (Lipinski definition) is 1. The van der Waals surface area contributed by atoms with Gasteiger partial charge >= 0.3 is 0 Å². The lowest BCUT2D eigenvalue weighted by atomic mass is 9.78. The van der Waals surface area contributed by atoms with Crippen molar-refractivity contribution < 1.29 is 14.7 Å². The molecule has 0 radical (unpaired) electrons. The number of hydrogen-bond acceptors (Lipinski definition) is 5. The monoisotopic (exact) mass is 213 g/mol. The van der Waals surface area contributed by atoms with E-state index in [0.717, 1.165) is 5.57 Å². The molecule has 1 aliphatic rings. The second-order valence-electron chi connectivity index (χ2n) is 4.15. The largest absolute Gasteiger partial charge is 0.386 e. The molecule has 1 aliphatic carbocycles. The maximum Gasteiger partial charge on any atom is 0.158 e. The van der Waals surface area contributed by atoms with Crippen LogP contribution >= 0.6 is 0 Å². The minimum atomic E-state index is -1.19. The molecule has 0 saturated heterocycles. The first kappa shape index (κ1) is 11.8. The van der Waals surface area contributed by atoms with Gasteiger partial charge in [-0.25, -0.2) is 0 Å². The third-order valence-corrected chi connectivity index (χ3v) is 2.87. The predicted octanol–water partition coefficient (Wildman–Crippen LogP) is 1.36. The van der Waals surface area contributed by atoms with E-state index in [9.17, 15) is 14.8 Å². The Morgan fingerprint density at radius 3 is 2.93 bits per heavy atom. The number of carbonyl (C=O) groups excluding carboxylic acids is 1. The molecule has 84 valence electrons. The number of nitrogens with zero attached hydrogens (tertiary/aromatic N) is 1. The second-order valence-corrected chi connectivity index (χ2v) is 4.15. The summed E-state index contributed by atoms with van der Waals surface area (Å²) in [5.74, 6) is -0.180. The van der Waals surface area contributed by atoms with E-state index in [-0.39, 0.29) is 24.7 Å². The molecule has 0 saturated carbocycles. The number of aliphatic hydroxyl groups is 1. The van der Waals surface area contributed by atoms with E-state index in [0.29, 0.717) is 6.42 Å². The lowest BCUT2D eigenvalue weighted by Crippen LogP contribution is -2.41. The van der Waals surface area contributed by atoms with Crippen LogP contribution in [0.5, 0.6) is 0 Å². The predicted molar refractivity (Wildman–Crippen MR) is 53.9 cm³/mol. The highest BCUT2D eigenvalue weighted by molar-refractivity contribution is 5.95. The van der Waals surface area contributed by atoms with E-state index in [1.807, 2.05) is 0 Å². The maximum absolute atomic E-state index is 11.4. The van der Waals surface area contributed by atoms with Crippen molar-refractivity contribution in [1.29, 1.82) is 0 Å². The van der Waals surface area contributed by atoms with Crippen molar-refractivity contribution in [2.75, 3.05) is 6.61 Å². The van der Waals surface area contributed by atoms with Gasteiger partial charge in [0.1, 0.15) is 12.2 Å². The summed E-state index contributed by atoms with van der Waals surface area (Å²) in [5.41, 5.74) is -0.461. The molecule has 0 aromatic rings. The molecule has 0 heterocycles. The summed E-state index contributed by atoms with van der Waals surface area (Å²) >= 11 is 0. The van der Waals surface area contributed by atoms with Crippen LogP contribution in [0.3, 0.4) is 0 Å². The molecule has 0 spiro atoms. The molecule has 0 aromatic heterocycles. The number of ketones is 1. The topological polar surface area (TPSA) is 76.0 Å². The fourth-order valence-electron chi connectivity index (χ4n) is 1.65. The van der Waals surface area contributed by atoms with E-state index >= 15 is 0 Å². The Morgan fingerprint density at radius 2 is 2.40 bits per heavy atom. The average molecular weight is 213 g/mol. The zero-order chi connectivity index (χ0) is 11.5. The summed E-state index contributed by atoms with van der Waals surface area (Å²) in [4.78, 5) is 25.5. The normalized spacial score (nSPS) is 25.4. The van der Waals surface area contributed by atoms with Gasteiger partial charge in [0, 0.05) is 12.3 Å². The molecule has 15 heavy (non-hydrogen) atoms. The number of carbonyl (C=O) groups is 1. The molecule has 5 heteroatoms. The summed E-state index contributed by atoms with van der Waals surface area (Å²) in [6, 6.07) is 0. The molecular formula is C10H15NO4. The van der Waals surface area contributed by atoms with Gasteiger partial charge in [0.15, 0.2) is 11.1 Å². The van der Waals surface area contributed by atoms with Gasteiger partial charge in [0.05, 0.1) is 0 Å². The molecule has 1 rings (SSSR count). The third kappa shape index (κ3) is 2.86. The lowest BCUT2D eigenvalue weighted by Gasteiger charge is -2.32. The van der Waals surface area contributed by atoms with Crippen molar-refractivity contribution >= 4 is 5.78 Å². The Balaban J connectivity index is 2.65. The first-order chi connectivity index (χ1) is 6.97. The van der Waals surface area contributed by atoms with Crippen LogP contribution in [0.2, 0.25) is 0 Å². The fourth-order valence-corrected chi connectivity index (χ4v) is 1.65. The van der Waals surface area contributed by atoms with Crippen LogP contribution in [0, 0.1) is 10.8 Å². The van der Waals surface area contributed by atoms with Crippen molar-refractivity contribution in [2.24, 2.45) is 11.3 Å². The SMILES string of the molecule is CC1=CCC(C(C)(O)CON=O)CC1=O. The van der Waals surface area contributed by atoms with Crippen LogP contribution < -0.4 is 0 Å². The van der Waals surface area contributed by atoms with Gasteiger partial charge in [0.25, 0.3) is 0 Å². The van der Waals surface area contributed by atoms with Crippen molar-refractivity contribution in [3.63, 3.8) is 0 Å². The van der Waals surface area contributed by atoms with Crippen LogP contribution in [0.25, 0.3) is 0 Å². The van der Waals surface area contributed by atoms with Crippen LogP contribution in [-0.2, 0) is 9.63 Å². The molecule has 0 fully saturated rings. The summed E-state index contributed by atoms with van der Waals surface area (Å²) in [6.07, 6.45) is 2.71. The van der Waals surface area contributed by atoms with Crippen molar-refractivity contribution in [3.8, 4) is 0 Å². The summed E-state index contributed by atoms with van der Waals surface area (Å²) in [7, 11) is 0. The van der Waals surface area contributed by atoms with Gasteiger partial charge in [-0.3, -0.25) is 4.79 Å². The highest BCUT2D eigenvalue weighted by Crippen LogP contribution is 2.30. The second kappa shape index (κ2) is 4.53. The zero-order valence-electron chi connectivity index (χ0n) is 8.90. The van der Waals surface area contributed by atoms with Gasteiger partial charge in [-0.1, -0.05) is 6.08 Å². The van der Waals surface area contributed by atoms with Crippen molar-refractivity contribution in [2.45, 2.75) is 32.3 Å². The Morgan fingerprint density at radius 1 is 1.73 bits per heavy atom. The Hall–Kier alpha value is -1.23. The Bertz CT molecular complexity index is 296. The smallest absolute Gasteiger partial charge is 0.158 e. The van der Waals surface area contributed by atoms with E-state index in [1.165, 1.54) is 0 Å². The third-order valence-electron chi connectivity index (χ3n) is 2.87. The maximum atomic E-state index is 11.4. The first-order valence-electron chi connectivity index (χ1n) is 4.84. The minimum Gasteiger partial charge on any atom is -0.386 e.